The molecule has 0 spiro atoms. The topological polar surface area (TPSA) is 62.1 Å². The summed E-state index contributed by atoms with van der Waals surface area (Å²) < 4.78 is 5.73. The number of hydrogen-bond acceptors (Lipinski definition) is 4. The zero-order chi connectivity index (χ0) is 18.4. The number of amides is 1. The second kappa shape index (κ2) is 8.32. The van der Waals surface area contributed by atoms with Crippen LogP contribution in [-0.2, 0) is 6.61 Å². The first-order valence-corrected chi connectivity index (χ1v) is 9.10. The van der Waals surface area contributed by atoms with Crippen LogP contribution in [0.2, 0.25) is 0 Å². The third-order valence-corrected chi connectivity index (χ3v) is 5.02. The summed E-state index contributed by atoms with van der Waals surface area (Å²) in [5.41, 5.74) is 2.02. The lowest BCUT2D eigenvalue weighted by molar-refractivity contribution is 0.0940. The van der Waals surface area contributed by atoms with E-state index in [1.807, 2.05) is 42.6 Å². The molecule has 1 aromatic heterocycles. The maximum absolute atomic E-state index is 12.3. The van der Waals surface area contributed by atoms with Crippen molar-refractivity contribution in [1.82, 2.24) is 5.32 Å². The normalized spacial score (nSPS) is 11.4. The van der Waals surface area contributed by atoms with E-state index in [1.165, 1.54) is 0 Å². The summed E-state index contributed by atoms with van der Waals surface area (Å²) in [5.74, 6) is 0.535. The molecule has 26 heavy (non-hydrogen) atoms. The molecule has 1 heterocycles. The van der Waals surface area contributed by atoms with Crippen molar-refractivity contribution in [1.29, 1.82) is 5.26 Å². The van der Waals surface area contributed by atoms with E-state index >= 15 is 0 Å². The zero-order valence-corrected chi connectivity index (χ0v) is 15.1. The van der Waals surface area contributed by atoms with Crippen molar-refractivity contribution in [2.24, 2.45) is 0 Å². The van der Waals surface area contributed by atoms with Crippen molar-refractivity contribution < 1.29 is 9.53 Å². The van der Waals surface area contributed by atoms with Gasteiger partial charge in [0.25, 0.3) is 5.91 Å². The number of ether oxygens (including phenoxy) is 1. The summed E-state index contributed by atoms with van der Waals surface area (Å²) in [7, 11) is 0. The average molecular weight is 362 g/mol. The van der Waals surface area contributed by atoms with E-state index in [2.05, 4.69) is 11.4 Å². The van der Waals surface area contributed by atoms with Crippen molar-refractivity contribution >= 4 is 17.2 Å². The first-order valence-electron chi connectivity index (χ1n) is 8.22. The van der Waals surface area contributed by atoms with Gasteiger partial charge in [0.15, 0.2) is 0 Å². The summed E-state index contributed by atoms with van der Waals surface area (Å²) in [6, 6.07) is 20.4. The molecule has 3 aromatic rings. The minimum atomic E-state index is -0.118. The predicted octanol–water partition coefficient (Wildman–Crippen LogP) is 4.69. The van der Waals surface area contributed by atoms with Gasteiger partial charge in [0, 0.05) is 16.0 Å². The monoisotopic (exact) mass is 362 g/mol. The van der Waals surface area contributed by atoms with Crippen molar-refractivity contribution in [3.8, 4) is 11.8 Å². The molecule has 4 nitrogen and oxygen atoms in total. The molecule has 1 atom stereocenters. The number of nitrogens with zero attached hydrogens (tertiary/aromatic N) is 1. The van der Waals surface area contributed by atoms with Crippen LogP contribution in [0.5, 0.6) is 5.75 Å². The van der Waals surface area contributed by atoms with Gasteiger partial charge in [0.1, 0.15) is 12.4 Å². The summed E-state index contributed by atoms with van der Waals surface area (Å²) in [6.07, 6.45) is 0. The molecule has 1 N–H and O–H groups in total. The van der Waals surface area contributed by atoms with Gasteiger partial charge in [0.2, 0.25) is 0 Å². The minimum Gasteiger partial charge on any atom is -0.489 e. The van der Waals surface area contributed by atoms with E-state index in [1.54, 1.807) is 41.7 Å². The van der Waals surface area contributed by atoms with Crippen LogP contribution in [0.25, 0.3) is 0 Å². The van der Waals surface area contributed by atoms with Crippen molar-refractivity contribution in [3.05, 3.63) is 87.6 Å². The van der Waals surface area contributed by atoms with Crippen LogP contribution in [0.15, 0.2) is 66.0 Å². The summed E-state index contributed by atoms with van der Waals surface area (Å²) in [5, 5.41) is 14.1. The average Bonchev–Trinajstić information content (AvgIpc) is 3.22. The molecular weight excluding hydrogens is 344 g/mol. The van der Waals surface area contributed by atoms with Gasteiger partial charge < -0.3 is 10.1 Å². The highest BCUT2D eigenvalue weighted by atomic mass is 32.1. The fraction of sp³-hybridized carbons (Fsp3) is 0.143. The largest absolute Gasteiger partial charge is 0.489 e. The van der Waals surface area contributed by atoms with Crippen molar-refractivity contribution in [2.75, 3.05) is 0 Å². The molecule has 5 heteroatoms. The second-order valence-corrected chi connectivity index (χ2v) is 6.77. The Balaban J connectivity index is 1.59. The molecule has 0 radical (unpaired) electrons. The highest BCUT2D eigenvalue weighted by Crippen LogP contribution is 2.20. The SMILES string of the molecule is CC(NC(=O)c1ccc(OCc2ccccc2C#N)cc1)c1cccs1. The van der Waals surface area contributed by atoms with Crippen LogP contribution in [0.3, 0.4) is 0 Å². The Morgan fingerprint density at radius 3 is 2.62 bits per heavy atom. The molecule has 0 aliphatic heterocycles. The molecule has 0 saturated carbocycles. The fourth-order valence-electron chi connectivity index (χ4n) is 2.51. The lowest BCUT2D eigenvalue weighted by Crippen LogP contribution is -2.25. The zero-order valence-electron chi connectivity index (χ0n) is 14.3. The van der Waals surface area contributed by atoms with Crippen LogP contribution in [-0.4, -0.2) is 5.91 Å². The lowest BCUT2D eigenvalue weighted by Gasteiger charge is -2.13. The van der Waals surface area contributed by atoms with Crippen molar-refractivity contribution in [3.63, 3.8) is 0 Å². The van der Waals surface area contributed by atoms with Gasteiger partial charge in [-0.3, -0.25) is 4.79 Å². The Bertz CT molecular complexity index is 912. The highest BCUT2D eigenvalue weighted by Gasteiger charge is 2.12. The standard InChI is InChI=1S/C21H18N2O2S/c1-15(20-7-4-12-26-20)23-21(24)16-8-10-19(11-9-16)25-14-18-6-3-2-5-17(18)13-22/h2-12,15H,14H2,1H3,(H,23,24). The number of thiophene rings is 1. The van der Waals surface area contributed by atoms with E-state index in [4.69, 9.17) is 10.00 Å². The third-order valence-electron chi connectivity index (χ3n) is 3.97. The first kappa shape index (κ1) is 17.7. The highest BCUT2D eigenvalue weighted by molar-refractivity contribution is 7.10. The molecule has 0 aliphatic rings. The van der Waals surface area contributed by atoms with Crippen LogP contribution in [0, 0.1) is 11.3 Å². The number of rotatable bonds is 6. The maximum Gasteiger partial charge on any atom is 0.251 e. The number of carbonyl (C=O) groups excluding carboxylic acids is 1. The Kier molecular flexibility index (Phi) is 5.67. The van der Waals surface area contributed by atoms with E-state index in [0.29, 0.717) is 23.5 Å². The maximum atomic E-state index is 12.3. The Morgan fingerprint density at radius 1 is 1.15 bits per heavy atom. The summed E-state index contributed by atoms with van der Waals surface area (Å²) >= 11 is 1.62. The minimum absolute atomic E-state index is 0.0269. The Labute approximate surface area is 156 Å². The number of benzene rings is 2. The Morgan fingerprint density at radius 2 is 1.92 bits per heavy atom. The predicted molar refractivity (Wildman–Crippen MR) is 102 cm³/mol. The lowest BCUT2D eigenvalue weighted by atomic mass is 10.1. The van der Waals surface area contributed by atoms with Gasteiger partial charge in [0.05, 0.1) is 17.7 Å². The molecule has 0 bridgehead atoms. The molecule has 1 unspecified atom stereocenters. The number of nitrogens with one attached hydrogen (secondary N) is 1. The number of carbonyl (C=O) groups is 1. The first-order chi connectivity index (χ1) is 12.7. The molecule has 0 aliphatic carbocycles. The van der Waals surface area contributed by atoms with E-state index < -0.39 is 0 Å². The van der Waals surface area contributed by atoms with Crippen LogP contribution < -0.4 is 10.1 Å². The van der Waals surface area contributed by atoms with E-state index in [9.17, 15) is 4.79 Å². The third kappa shape index (κ3) is 4.29. The van der Waals surface area contributed by atoms with E-state index in [0.717, 1.165) is 10.4 Å². The molecule has 1 amide bonds. The second-order valence-electron chi connectivity index (χ2n) is 5.79. The summed E-state index contributed by atoms with van der Waals surface area (Å²) in [6.45, 7) is 2.28. The van der Waals surface area contributed by atoms with Gasteiger partial charge in [-0.25, -0.2) is 0 Å². The van der Waals surface area contributed by atoms with E-state index in [-0.39, 0.29) is 11.9 Å². The van der Waals surface area contributed by atoms with Gasteiger partial charge in [-0.1, -0.05) is 24.3 Å². The molecule has 0 saturated heterocycles. The molecule has 0 fully saturated rings. The summed E-state index contributed by atoms with van der Waals surface area (Å²) in [4.78, 5) is 13.5. The number of hydrogen-bond donors (Lipinski definition) is 1. The van der Waals surface area contributed by atoms with Crippen LogP contribution in [0.1, 0.15) is 39.3 Å². The van der Waals surface area contributed by atoms with Crippen molar-refractivity contribution in [2.45, 2.75) is 19.6 Å². The van der Waals surface area contributed by atoms with Gasteiger partial charge in [-0.2, -0.15) is 5.26 Å². The van der Waals surface area contributed by atoms with Crippen LogP contribution >= 0.6 is 11.3 Å². The van der Waals surface area contributed by atoms with Gasteiger partial charge in [-0.15, -0.1) is 11.3 Å². The fourth-order valence-corrected chi connectivity index (χ4v) is 3.24. The molecule has 3 rings (SSSR count). The van der Waals surface area contributed by atoms with Gasteiger partial charge >= 0.3 is 0 Å². The smallest absolute Gasteiger partial charge is 0.251 e. The molecule has 130 valence electrons. The number of nitriles is 1. The molecule has 2 aromatic carbocycles. The molecular formula is C21H18N2O2S. The quantitative estimate of drug-likeness (QED) is 0.692. The van der Waals surface area contributed by atoms with Gasteiger partial charge in [-0.05, 0) is 48.7 Å². The Hall–Kier alpha value is -3.10. The van der Waals surface area contributed by atoms with Crippen LogP contribution in [0.4, 0.5) is 0 Å².